The second-order valence-electron chi connectivity index (χ2n) is 5.70. The molecule has 4 heteroatoms. The molecular weight excluding hydrogens is 266 g/mol. The van der Waals surface area contributed by atoms with Gasteiger partial charge in [-0.1, -0.05) is 19.1 Å². The summed E-state index contributed by atoms with van der Waals surface area (Å²) in [5.74, 6) is 0.786. The largest absolute Gasteiger partial charge is 0.493 e. The molecule has 21 heavy (non-hydrogen) atoms. The molecule has 4 nitrogen and oxygen atoms in total. The van der Waals surface area contributed by atoms with Crippen LogP contribution in [0.15, 0.2) is 24.3 Å². The van der Waals surface area contributed by atoms with Gasteiger partial charge in [0.15, 0.2) is 0 Å². The first kappa shape index (κ1) is 15.8. The molecule has 0 spiro atoms. The third kappa shape index (κ3) is 4.21. The minimum Gasteiger partial charge on any atom is -0.493 e. The Morgan fingerprint density at radius 3 is 2.90 bits per heavy atom. The highest BCUT2D eigenvalue weighted by atomic mass is 16.5. The SMILES string of the molecule is CCN1CCC(C(COc2cccc(C)c2)C(=O)OC)C1. The van der Waals surface area contributed by atoms with Gasteiger partial charge in [0.1, 0.15) is 12.4 Å². The van der Waals surface area contributed by atoms with Gasteiger partial charge in [-0.15, -0.1) is 0 Å². The van der Waals surface area contributed by atoms with E-state index in [1.807, 2.05) is 31.2 Å². The van der Waals surface area contributed by atoms with Crippen molar-refractivity contribution in [2.24, 2.45) is 11.8 Å². The Bertz CT molecular complexity index is 475. The molecule has 2 atom stereocenters. The molecule has 0 aliphatic carbocycles. The van der Waals surface area contributed by atoms with E-state index in [4.69, 9.17) is 9.47 Å². The number of likely N-dealkylation sites (tertiary alicyclic amines) is 1. The second-order valence-corrected chi connectivity index (χ2v) is 5.70. The quantitative estimate of drug-likeness (QED) is 0.755. The van der Waals surface area contributed by atoms with Crippen molar-refractivity contribution in [2.45, 2.75) is 20.3 Å². The van der Waals surface area contributed by atoms with E-state index in [0.717, 1.165) is 37.4 Å². The van der Waals surface area contributed by atoms with Crippen LogP contribution in [0.1, 0.15) is 18.9 Å². The monoisotopic (exact) mass is 291 g/mol. The Morgan fingerprint density at radius 2 is 2.29 bits per heavy atom. The number of ether oxygens (including phenoxy) is 2. The zero-order valence-corrected chi connectivity index (χ0v) is 13.2. The maximum absolute atomic E-state index is 12.1. The Balaban J connectivity index is 1.98. The van der Waals surface area contributed by atoms with Crippen LogP contribution in [0.4, 0.5) is 0 Å². The topological polar surface area (TPSA) is 38.8 Å². The first-order valence-corrected chi connectivity index (χ1v) is 7.63. The van der Waals surface area contributed by atoms with E-state index in [1.54, 1.807) is 0 Å². The smallest absolute Gasteiger partial charge is 0.312 e. The van der Waals surface area contributed by atoms with Crippen LogP contribution in [0.5, 0.6) is 5.75 Å². The van der Waals surface area contributed by atoms with Crippen molar-refractivity contribution in [1.29, 1.82) is 0 Å². The van der Waals surface area contributed by atoms with Crippen molar-refractivity contribution < 1.29 is 14.3 Å². The second kappa shape index (κ2) is 7.46. The van der Waals surface area contributed by atoms with Crippen molar-refractivity contribution in [3.05, 3.63) is 29.8 Å². The molecule has 0 amide bonds. The fourth-order valence-corrected chi connectivity index (χ4v) is 2.92. The summed E-state index contributed by atoms with van der Waals surface area (Å²) in [4.78, 5) is 14.4. The van der Waals surface area contributed by atoms with Crippen LogP contribution in [0.3, 0.4) is 0 Å². The van der Waals surface area contributed by atoms with Gasteiger partial charge in [-0.05, 0) is 50.0 Å². The highest BCUT2D eigenvalue weighted by molar-refractivity contribution is 5.73. The first-order chi connectivity index (χ1) is 10.1. The molecule has 0 bridgehead atoms. The molecule has 116 valence electrons. The molecule has 2 rings (SSSR count). The summed E-state index contributed by atoms with van der Waals surface area (Å²) in [6.07, 6.45) is 1.03. The van der Waals surface area contributed by atoms with Gasteiger partial charge in [-0.25, -0.2) is 0 Å². The number of aryl methyl sites for hydroxylation is 1. The molecule has 1 heterocycles. The van der Waals surface area contributed by atoms with Crippen LogP contribution < -0.4 is 4.74 Å². The van der Waals surface area contributed by atoms with Gasteiger partial charge < -0.3 is 14.4 Å². The van der Waals surface area contributed by atoms with E-state index < -0.39 is 0 Å². The van der Waals surface area contributed by atoms with Crippen LogP contribution in [0, 0.1) is 18.8 Å². The molecule has 1 aliphatic heterocycles. The van der Waals surface area contributed by atoms with Crippen LogP contribution in [0.2, 0.25) is 0 Å². The average Bonchev–Trinajstić information content (AvgIpc) is 2.96. The number of nitrogens with zero attached hydrogens (tertiary/aromatic N) is 1. The van der Waals surface area contributed by atoms with Crippen molar-refractivity contribution in [2.75, 3.05) is 33.4 Å². The standard InChI is InChI=1S/C17H25NO3/c1-4-18-9-8-14(11-18)16(17(19)20-3)12-21-15-7-5-6-13(2)10-15/h5-7,10,14,16H,4,8-9,11-12H2,1-3H3. The summed E-state index contributed by atoms with van der Waals surface area (Å²) < 4.78 is 10.8. The number of hydrogen-bond acceptors (Lipinski definition) is 4. The van der Waals surface area contributed by atoms with E-state index in [1.165, 1.54) is 7.11 Å². The van der Waals surface area contributed by atoms with Crippen LogP contribution in [-0.4, -0.2) is 44.2 Å². The molecule has 0 N–H and O–H groups in total. The van der Waals surface area contributed by atoms with Crippen LogP contribution >= 0.6 is 0 Å². The molecular formula is C17H25NO3. The number of rotatable bonds is 6. The van der Waals surface area contributed by atoms with Gasteiger partial charge >= 0.3 is 5.97 Å². The first-order valence-electron chi connectivity index (χ1n) is 7.63. The number of methoxy groups -OCH3 is 1. The molecule has 1 fully saturated rings. The predicted octanol–water partition coefficient (Wildman–Crippen LogP) is 2.50. The van der Waals surface area contributed by atoms with E-state index >= 15 is 0 Å². The molecule has 0 aromatic heterocycles. The number of carbonyl (C=O) groups excluding carboxylic acids is 1. The summed E-state index contributed by atoms with van der Waals surface area (Å²) in [5.41, 5.74) is 1.15. The zero-order chi connectivity index (χ0) is 15.2. The molecule has 1 aliphatic rings. The highest BCUT2D eigenvalue weighted by Crippen LogP contribution is 2.26. The fourth-order valence-electron chi connectivity index (χ4n) is 2.92. The van der Waals surface area contributed by atoms with Crippen LogP contribution in [-0.2, 0) is 9.53 Å². The fraction of sp³-hybridized carbons (Fsp3) is 0.588. The molecule has 1 saturated heterocycles. The third-order valence-corrected chi connectivity index (χ3v) is 4.25. The van der Waals surface area contributed by atoms with Gasteiger partial charge in [0.05, 0.1) is 13.0 Å². The molecule has 2 unspecified atom stereocenters. The lowest BCUT2D eigenvalue weighted by molar-refractivity contribution is -0.148. The lowest BCUT2D eigenvalue weighted by atomic mass is 9.92. The zero-order valence-electron chi connectivity index (χ0n) is 13.2. The van der Waals surface area contributed by atoms with E-state index in [0.29, 0.717) is 12.5 Å². The maximum atomic E-state index is 12.1. The normalized spacial score (nSPS) is 20.2. The lowest BCUT2D eigenvalue weighted by Gasteiger charge is -2.22. The Morgan fingerprint density at radius 1 is 1.48 bits per heavy atom. The Kier molecular flexibility index (Phi) is 5.62. The third-order valence-electron chi connectivity index (χ3n) is 4.25. The number of hydrogen-bond donors (Lipinski definition) is 0. The van der Waals surface area contributed by atoms with Gasteiger partial charge in [0.2, 0.25) is 0 Å². The van der Waals surface area contributed by atoms with Crippen molar-refractivity contribution in [3.63, 3.8) is 0 Å². The minimum atomic E-state index is -0.188. The van der Waals surface area contributed by atoms with Crippen molar-refractivity contribution >= 4 is 5.97 Å². The Labute approximate surface area is 127 Å². The summed E-state index contributed by atoms with van der Waals surface area (Å²) in [5, 5.41) is 0. The van der Waals surface area contributed by atoms with Gasteiger partial charge in [0, 0.05) is 6.54 Å². The molecule has 0 saturated carbocycles. The summed E-state index contributed by atoms with van der Waals surface area (Å²) >= 11 is 0. The highest BCUT2D eigenvalue weighted by Gasteiger charge is 2.34. The predicted molar refractivity (Wildman–Crippen MR) is 82.4 cm³/mol. The Hall–Kier alpha value is -1.55. The molecule has 1 aromatic rings. The van der Waals surface area contributed by atoms with Crippen molar-refractivity contribution in [3.8, 4) is 5.75 Å². The van der Waals surface area contributed by atoms with E-state index in [9.17, 15) is 4.79 Å². The number of benzene rings is 1. The van der Waals surface area contributed by atoms with Crippen LogP contribution in [0.25, 0.3) is 0 Å². The average molecular weight is 291 g/mol. The number of esters is 1. The summed E-state index contributed by atoms with van der Waals surface area (Å²) in [6, 6.07) is 7.91. The minimum absolute atomic E-state index is 0.161. The molecule has 1 aromatic carbocycles. The van der Waals surface area contributed by atoms with E-state index in [2.05, 4.69) is 11.8 Å². The van der Waals surface area contributed by atoms with Gasteiger partial charge in [-0.3, -0.25) is 4.79 Å². The lowest BCUT2D eigenvalue weighted by Crippen LogP contribution is -2.32. The number of carbonyl (C=O) groups is 1. The molecule has 0 radical (unpaired) electrons. The van der Waals surface area contributed by atoms with Gasteiger partial charge in [-0.2, -0.15) is 0 Å². The van der Waals surface area contributed by atoms with E-state index in [-0.39, 0.29) is 11.9 Å². The maximum Gasteiger partial charge on any atom is 0.312 e. The van der Waals surface area contributed by atoms with Crippen molar-refractivity contribution in [1.82, 2.24) is 4.90 Å². The summed E-state index contributed by atoms with van der Waals surface area (Å²) in [7, 11) is 1.45. The summed E-state index contributed by atoms with van der Waals surface area (Å²) in [6.45, 7) is 7.60. The van der Waals surface area contributed by atoms with Gasteiger partial charge in [0.25, 0.3) is 0 Å².